The van der Waals surface area contributed by atoms with Crippen LogP contribution in [0.1, 0.15) is 5.56 Å². The smallest absolute Gasteiger partial charge is 0.219 e. The van der Waals surface area contributed by atoms with Crippen molar-refractivity contribution in [2.45, 2.75) is 4.90 Å². The van der Waals surface area contributed by atoms with Gasteiger partial charge in [-0.15, -0.1) is 0 Å². The Balaban J connectivity index is 1.63. The van der Waals surface area contributed by atoms with Crippen LogP contribution < -0.4 is 10.6 Å². The number of morpholine rings is 1. The largest absolute Gasteiger partial charge is 0.507 e. The van der Waals surface area contributed by atoms with E-state index in [-0.39, 0.29) is 11.7 Å². The standard InChI is InChI=1S/C22H22N4O2S/c23-22-24-14-18(15-25-22)17-11-19(26-6-8-28-9-7-26)13-20(12-17)29-10-5-16-3-1-2-4-21(16)27/h1-5,10-15,27H,6-9H2,(H2,23,24,25)/b10-5+. The molecule has 2 heterocycles. The number of rotatable bonds is 5. The molecule has 3 aromatic rings. The van der Waals surface area contributed by atoms with E-state index in [1.807, 2.05) is 29.7 Å². The number of nitrogens with zero attached hydrogens (tertiary/aromatic N) is 3. The Morgan fingerprint density at radius 2 is 1.79 bits per heavy atom. The van der Waals surface area contributed by atoms with Crippen LogP contribution >= 0.6 is 11.8 Å². The lowest BCUT2D eigenvalue weighted by Gasteiger charge is -2.29. The van der Waals surface area contributed by atoms with E-state index < -0.39 is 0 Å². The predicted octanol–water partition coefficient (Wildman–Crippen LogP) is 4.03. The minimum atomic E-state index is 0.262. The SMILES string of the molecule is Nc1ncc(-c2cc(S/C=C/c3ccccc3O)cc(N3CCOCC3)c2)cn1. The highest BCUT2D eigenvalue weighted by Crippen LogP contribution is 2.33. The molecular weight excluding hydrogens is 384 g/mol. The molecule has 1 saturated heterocycles. The van der Waals surface area contributed by atoms with Crippen LogP contribution in [-0.4, -0.2) is 41.4 Å². The second-order valence-corrected chi connectivity index (χ2v) is 7.60. The van der Waals surface area contributed by atoms with E-state index in [0.29, 0.717) is 0 Å². The number of hydrogen-bond acceptors (Lipinski definition) is 7. The molecule has 148 valence electrons. The molecule has 0 radical (unpaired) electrons. The van der Waals surface area contributed by atoms with Gasteiger partial charge in [-0.1, -0.05) is 30.0 Å². The van der Waals surface area contributed by atoms with Gasteiger partial charge in [-0.2, -0.15) is 0 Å². The number of para-hydroxylation sites is 1. The fraction of sp³-hybridized carbons (Fsp3) is 0.182. The zero-order valence-corrected chi connectivity index (χ0v) is 16.7. The predicted molar refractivity (Wildman–Crippen MR) is 118 cm³/mol. The Morgan fingerprint density at radius 3 is 2.55 bits per heavy atom. The van der Waals surface area contributed by atoms with E-state index in [4.69, 9.17) is 10.5 Å². The van der Waals surface area contributed by atoms with Crippen molar-refractivity contribution in [1.29, 1.82) is 0 Å². The van der Waals surface area contributed by atoms with Gasteiger partial charge in [0.2, 0.25) is 5.95 Å². The van der Waals surface area contributed by atoms with Crippen molar-refractivity contribution in [3.8, 4) is 16.9 Å². The van der Waals surface area contributed by atoms with Crippen LogP contribution in [-0.2, 0) is 4.74 Å². The van der Waals surface area contributed by atoms with Crippen molar-refractivity contribution in [1.82, 2.24) is 9.97 Å². The van der Waals surface area contributed by atoms with Gasteiger partial charge < -0.3 is 20.5 Å². The van der Waals surface area contributed by atoms with Crippen molar-refractivity contribution in [3.63, 3.8) is 0 Å². The molecule has 0 aliphatic carbocycles. The first kappa shape index (κ1) is 19.3. The molecule has 1 fully saturated rings. The van der Waals surface area contributed by atoms with Gasteiger partial charge in [-0.3, -0.25) is 0 Å². The van der Waals surface area contributed by atoms with Crippen molar-refractivity contribution in [3.05, 3.63) is 65.8 Å². The van der Waals surface area contributed by atoms with Crippen LogP contribution in [0, 0.1) is 0 Å². The Labute approximate surface area is 174 Å². The Morgan fingerprint density at radius 1 is 1.03 bits per heavy atom. The Bertz CT molecular complexity index is 1000. The van der Waals surface area contributed by atoms with Crippen LogP contribution in [0.2, 0.25) is 0 Å². The highest BCUT2D eigenvalue weighted by molar-refractivity contribution is 8.02. The molecule has 1 aromatic heterocycles. The number of nitrogens with two attached hydrogens (primary N) is 1. The molecule has 3 N–H and O–H groups in total. The molecule has 0 unspecified atom stereocenters. The summed E-state index contributed by atoms with van der Waals surface area (Å²) in [6.07, 6.45) is 5.40. The van der Waals surface area contributed by atoms with Crippen molar-refractivity contribution in [2.24, 2.45) is 0 Å². The monoisotopic (exact) mass is 406 g/mol. The molecule has 4 rings (SSSR count). The second-order valence-electron chi connectivity index (χ2n) is 6.62. The maximum absolute atomic E-state index is 9.93. The molecule has 7 heteroatoms. The summed E-state index contributed by atoms with van der Waals surface area (Å²) in [6, 6.07) is 13.7. The minimum Gasteiger partial charge on any atom is -0.507 e. The topological polar surface area (TPSA) is 84.5 Å². The first-order valence-corrected chi connectivity index (χ1v) is 10.2. The van der Waals surface area contributed by atoms with Crippen LogP contribution in [0.3, 0.4) is 0 Å². The maximum Gasteiger partial charge on any atom is 0.219 e. The van der Waals surface area contributed by atoms with Gasteiger partial charge >= 0.3 is 0 Å². The molecule has 0 saturated carbocycles. The van der Waals surface area contributed by atoms with Crippen LogP contribution in [0.25, 0.3) is 17.2 Å². The average Bonchev–Trinajstić information content (AvgIpc) is 2.76. The fourth-order valence-corrected chi connectivity index (χ4v) is 3.88. The zero-order valence-electron chi connectivity index (χ0n) is 15.9. The number of thioether (sulfide) groups is 1. The van der Waals surface area contributed by atoms with E-state index in [2.05, 4.69) is 33.1 Å². The minimum absolute atomic E-state index is 0.262. The molecule has 0 atom stereocenters. The second kappa shape index (κ2) is 8.98. The van der Waals surface area contributed by atoms with Gasteiger partial charge in [-0.25, -0.2) is 9.97 Å². The Kier molecular flexibility index (Phi) is 5.97. The average molecular weight is 407 g/mol. The molecule has 0 bridgehead atoms. The molecule has 1 aliphatic heterocycles. The van der Waals surface area contributed by atoms with E-state index in [1.165, 1.54) is 0 Å². The summed E-state index contributed by atoms with van der Waals surface area (Å²) in [4.78, 5) is 11.7. The number of nitrogen functional groups attached to an aromatic ring is 1. The summed E-state index contributed by atoms with van der Waals surface area (Å²) in [7, 11) is 0. The number of aromatic nitrogens is 2. The molecular formula is C22H22N4O2S. The number of ether oxygens (including phenoxy) is 1. The number of phenols is 1. The highest BCUT2D eigenvalue weighted by Gasteiger charge is 2.14. The highest BCUT2D eigenvalue weighted by atomic mass is 32.2. The van der Waals surface area contributed by atoms with Crippen LogP contribution in [0.15, 0.2) is 65.2 Å². The van der Waals surface area contributed by atoms with Gasteiger partial charge in [0.05, 0.1) is 13.2 Å². The van der Waals surface area contributed by atoms with Gasteiger partial charge in [0.1, 0.15) is 5.75 Å². The fourth-order valence-electron chi connectivity index (χ4n) is 3.12. The quantitative estimate of drug-likeness (QED) is 0.619. The maximum atomic E-state index is 9.93. The molecule has 0 spiro atoms. The van der Waals surface area contributed by atoms with Gasteiger partial charge in [-0.05, 0) is 41.3 Å². The van der Waals surface area contributed by atoms with Crippen molar-refractivity contribution >= 4 is 29.5 Å². The lowest BCUT2D eigenvalue weighted by Crippen LogP contribution is -2.36. The van der Waals surface area contributed by atoms with Crippen LogP contribution in [0.4, 0.5) is 11.6 Å². The lowest BCUT2D eigenvalue weighted by atomic mass is 10.1. The third kappa shape index (κ3) is 4.88. The summed E-state index contributed by atoms with van der Waals surface area (Å²) in [5.74, 6) is 0.532. The van der Waals surface area contributed by atoms with Gasteiger partial charge in [0.15, 0.2) is 0 Å². The Hall–Kier alpha value is -3.03. The normalized spacial score (nSPS) is 14.4. The van der Waals surface area contributed by atoms with E-state index >= 15 is 0 Å². The zero-order chi connectivity index (χ0) is 20.1. The number of benzene rings is 2. The summed E-state index contributed by atoms with van der Waals surface area (Å²) in [6.45, 7) is 3.18. The lowest BCUT2D eigenvalue weighted by molar-refractivity contribution is 0.122. The van der Waals surface area contributed by atoms with E-state index in [1.54, 1.807) is 30.2 Å². The van der Waals surface area contributed by atoms with Crippen molar-refractivity contribution in [2.75, 3.05) is 36.9 Å². The summed E-state index contributed by atoms with van der Waals surface area (Å²) in [5, 5.41) is 11.9. The molecule has 29 heavy (non-hydrogen) atoms. The van der Waals surface area contributed by atoms with Crippen molar-refractivity contribution < 1.29 is 9.84 Å². The summed E-state index contributed by atoms with van der Waals surface area (Å²) in [5.41, 5.74) is 9.52. The van der Waals surface area contributed by atoms with Gasteiger partial charge in [0, 0.05) is 47.2 Å². The molecule has 6 nitrogen and oxygen atoms in total. The number of aromatic hydroxyl groups is 1. The summed E-state index contributed by atoms with van der Waals surface area (Å²) >= 11 is 1.60. The third-order valence-corrected chi connectivity index (χ3v) is 5.44. The third-order valence-electron chi connectivity index (χ3n) is 4.66. The number of phenolic OH excluding ortho intramolecular Hbond substituents is 1. The number of hydrogen-bond donors (Lipinski definition) is 2. The first-order valence-electron chi connectivity index (χ1n) is 9.36. The summed E-state index contributed by atoms with van der Waals surface area (Å²) < 4.78 is 5.49. The molecule has 2 aromatic carbocycles. The van der Waals surface area contributed by atoms with E-state index in [0.717, 1.165) is 53.6 Å². The first-order chi connectivity index (χ1) is 14.2. The van der Waals surface area contributed by atoms with Crippen LogP contribution in [0.5, 0.6) is 5.75 Å². The number of anilines is 2. The molecule has 1 aliphatic rings. The molecule has 0 amide bonds. The van der Waals surface area contributed by atoms with E-state index in [9.17, 15) is 5.11 Å². The van der Waals surface area contributed by atoms with Gasteiger partial charge in [0.25, 0.3) is 0 Å².